The summed E-state index contributed by atoms with van der Waals surface area (Å²) in [7, 11) is 1.34. The fraction of sp³-hybridized carbons (Fsp3) is 0.250. The van der Waals surface area contributed by atoms with Gasteiger partial charge in [-0.15, -0.1) is 10.1 Å². The van der Waals surface area contributed by atoms with Crippen LogP contribution in [0, 0.1) is 10.1 Å². The summed E-state index contributed by atoms with van der Waals surface area (Å²) in [5, 5.41) is 10.6. The van der Waals surface area contributed by atoms with Crippen LogP contribution in [-0.4, -0.2) is 30.7 Å². The van der Waals surface area contributed by atoms with Gasteiger partial charge in [0.25, 0.3) is 5.09 Å². The molecule has 2 aromatic carbocycles. The van der Waals surface area contributed by atoms with Crippen LogP contribution in [0.5, 0.6) is 5.75 Å². The van der Waals surface area contributed by atoms with Crippen LogP contribution in [0.4, 0.5) is 0 Å². The van der Waals surface area contributed by atoms with Gasteiger partial charge in [-0.1, -0.05) is 24.3 Å². The van der Waals surface area contributed by atoms with E-state index < -0.39 is 23.6 Å². The van der Waals surface area contributed by atoms with Crippen molar-refractivity contribution in [2.45, 2.75) is 12.8 Å². The largest absolute Gasteiger partial charge is 0.469 e. The minimum Gasteiger partial charge on any atom is -0.469 e. The predicted molar refractivity (Wildman–Crippen MR) is 83.0 cm³/mol. The second kappa shape index (κ2) is 7.40. The van der Waals surface area contributed by atoms with Crippen LogP contribution >= 0.6 is 0 Å². The summed E-state index contributed by atoms with van der Waals surface area (Å²) < 4.78 is 9.69. The van der Waals surface area contributed by atoms with E-state index in [1.165, 1.54) is 7.11 Å². The van der Waals surface area contributed by atoms with Crippen LogP contribution in [-0.2, 0) is 19.2 Å². The summed E-state index contributed by atoms with van der Waals surface area (Å²) in [5.74, 6) is -1.35. The van der Waals surface area contributed by atoms with Gasteiger partial charge in [-0.25, -0.2) is 4.79 Å². The third-order valence-corrected chi connectivity index (χ3v) is 3.41. The Morgan fingerprint density at radius 2 is 1.83 bits per heavy atom. The number of rotatable bonds is 6. The van der Waals surface area contributed by atoms with E-state index in [2.05, 4.69) is 4.84 Å². The Hall–Kier alpha value is -3.16. The molecule has 0 aliphatic carbocycles. The average Bonchev–Trinajstić information content (AvgIpc) is 2.58. The first-order valence-electron chi connectivity index (χ1n) is 7.00. The molecule has 0 bridgehead atoms. The minimum absolute atomic E-state index is 0.244. The number of benzene rings is 2. The summed E-state index contributed by atoms with van der Waals surface area (Å²) in [5.41, 5.74) is 0.804. The molecule has 0 saturated carbocycles. The molecule has 0 aromatic heterocycles. The van der Waals surface area contributed by atoms with Gasteiger partial charge < -0.3 is 14.3 Å². The fourth-order valence-electron chi connectivity index (χ4n) is 2.15. The number of ether oxygens (including phenoxy) is 2. The van der Waals surface area contributed by atoms with Gasteiger partial charge in [-0.2, -0.15) is 0 Å². The highest BCUT2D eigenvalue weighted by atomic mass is 17.0. The van der Waals surface area contributed by atoms with E-state index in [-0.39, 0.29) is 11.7 Å². The van der Waals surface area contributed by atoms with Gasteiger partial charge in [0.2, 0.25) is 0 Å². The van der Waals surface area contributed by atoms with Crippen LogP contribution < -0.4 is 4.74 Å². The zero-order valence-electron chi connectivity index (χ0n) is 13.1. The normalized spacial score (nSPS) is 11.6. The number of esters is 2. The van der Waals surface area contributed by atoms with Crippen LogP contribution in [0.1, 0.15) is 18.4 Å². The quantitative estimate of drug-likeness (QED) is 0.345. The Balaban J connectivity index is 2.16. The van der Waals surface area contributed by atoms with E-state index in [1.54, 1.807) is 37.3 Å². The number of hydrogen-bond acceptors (Lipinski definition) is 7. The number of carbonyl (C=O) groups excluding carboxylic acids is 2. The first-order valence-corrected chi connectivity index (χ1v) is 7.00. The third-order valence-electron chi connectivity index (χ3n) is 3.41. The lowest BCUT2D eigenvalue weighted by Gasteiger charge is -2.11. The highest BCUT2D eigenvalue weighted by Crippen LogP contribution is 2.25. The maximum absolute atomic E-state index is 11.6. The summed E-state index contributed by atoms with van der Waals surface area (Å²) in [6.07, 6.45) is 0. The van der Waals surface area contributed by atoms with E-state index in [0.717, 1.165) is 16.3 Å². The Morgan fingerprint density at radius 3 is 2.50 bits per heavy atom. The molecule has 0 aliphatic rings. The van der Waals surface area contributed by atoms with E-state index >= 15 is 0 Å². The molecule has 1 unspecified atom stereocenters. The van der Waals surface area contributed by atoms with Gasteiger partial charge in [-0.3, -0.25) is 4.79 Å². The monoisotopic (exact) mass is 333 g/mol. The molecule has 2 rings (SSSR count). The van der Waals surface area contributed by atoms with Crippen molar-refractivity contribution >= 4 is 22.7 Å². The van der Waals surface area contributed by atoms with Gasteiger partial charge >= 0.3 is 11.9 Å². The molecular weight excluding hydrogens is 318 g/mol. The fourth-order valence-corrected chi connectivity index (χ4v) is 2.15. The molecule has 0 spiro atoms. The van der Waals surface area contributed by atoms with Crippen molar-refractivity contribution in [1.82, 2.24) is 0 Å². The zero-order chi connectivity index (χ0) is 17.7. The highest BCUT2D eigenvalue weighted by Gasteiger charge is 2.16. The van der Waals surface area contributed by atoms with Gasteiger partial charge in [-0.05, 0) is 35.4 Å². The van der Waals surface area contributed by atoms with Crippen molar-refractivity contribution in [2.75, 3.05) is 13.7 Å². The molecule has 2 aromatic rings. The maximum atomic E-state index is 11.6. The standard InChI is InChI=1S/C16H15NO7/c1-10(16(19)22-2)11-3-4-13-8-14(6-5-12(13)7-11)24-15(18)9-23-17(20)21/h3-8,10H,9H2,1-2H3. The Bertz CT molecular complexity index is 787. The molecule has 0 fully saturated rings. The molecular formula is C16H15NO7. The molecule has 0 amide bonds. The Labute approximate surface area is 137 Å². The van der Waals surface area contributed by atoms with Gasteiger partial charge in [0, 0.05) is 0 Å². The Morgan fingerprint density at radius 1 is 1.17 bits per heavy atom. The molecule has 126 valence electrons. The van der Waals surface area contributed by atoms with Crippen LogP contribution in [0.2, 0.25) is 0 Å². The second-order valence-electron chi connectivity index (χ2n) is 4.98. The molecule has 0 radical (unpaired) electrons. The van der Waals surface area contributed by atoms with Gasteiger partial charge in [0.15, 0.2) is 6.61 Å². The van der Waals surface area contributed by atoms with Crippen molar-refractivity contribution in [3.8, 4) is 5.75 Å². The number of nitrogens with zero attached hydrogens (tertiary/aromatic N) is 1. The summed E-state index contributed by atoms with van der Waals surface area (Å²) >= 11 is 0. The molecule has 1 atom stereocenters. The molecule has 0 aliphatic heterocycles. The lowest BCUT2D eigenvalue weighted by molar-refractivity contribution is -0.754. The lowest BCUT2D eigenvalue weighted by Crippen LogP contribution is -2.17. The first-order chi connectivity index (χ1) is 11.4. The van der Waals surface area contributed by atoms with Crippen molar-refractivity contribution in [2.24, 2.45) is 0 Å². The minimum atomic E-state index is -1.06. The van der Waals surface area contributed by atoms with Crippen LogP contribution in [0.25, 0.3) is 10.8 Å². The van der Waals surface area contributed by atoms with E-state index in [9.17, 15) is 19.7 Å². The second-order valence-corrected chi connectivity index (χ2v) is 4.98. The molecule has 8 nitrogen and oxygen atoms in total. The molecule has 8 heteroatoms. The Kier molecular flexibility index (Phi) is 5.31. The number of hydrogen-bond donors (Lipinski definition) is 0. The number of methoxy groups -OCH3 is 1. The molecule has 0 N–H and O–H groups in total. The van der Waals surface area contributed by atoms with Gasteiger partial charge in [0.1, 0.15) is 5.75 Å². The first kappa shape index (κ1) is 17.2. The highest BCUT2D eigenvalue weighted by molar-refractivity contribution is 5.87. The van der Waals surface area contributed by atoms with Crippen molar-refractivity contribution in [3.05, 3.63) is 52.1 Å². The van der Waals surface area contributed by atoms with Crippen molar-refractivity contribution in [1.29, 1.82) is 0 Å². The molecule has 0 saturated heterocycles. The summed E-state index contributed by atoms with van der Waals surface area (Å²) in [6.45, 7) is 0.971. The van der Waals surface area contributed by atoms with Crippen molar-refractivity contribution in [3.63, 3.8) is 0 Å². The summed E-state index contributed by atoms with van der Waals surface area (Å²) in [4.78, 5) is 37.0. The molecule has 24 heavy (non-hydrogen) atoms. The lowest BCUT2D eigenvalue weighted by atomic mass is 9.98. The topological polar surface area (TPSA) is 105 Å². The van der Waals surface area contributed by atoms with E-state index in [0.29, 0.717) is 0 Å². The number of fused-ring (bicyclic) bond motifs is 1. The van der Waals surface area contributed by atoms with Crippen LogP contribution in [0.15, 0.2) is 36.4 Å². The van der Waals surface area contributed by atoms with Crippen molar-refractivity contribution < 1.29 is 29.0 Å². The third kappa shape index (κ3) is 4.19. The maximum Gasteiger partial charge on any atom is 0.337 e. The summed E-state index contributed by atoms with van der Waals surface area (Å²) in [6, 6.07) is 10.3. The zero-order valence-corrected chi connectivity index (χ0v) is 13.1. The van der Waals surface area contributed by atoms with E-state index in [1.807, 2.05) is 6.07 Å². The van der Waals surface area contributed by atoms with Crippen LogP contribution in [0.3, 0.4) is 0 Å². The smallest absolute Gasteiger partial charge is 0.337 e. The molecule has 0 heterocycles. The number of carbonyl (C=O) groups is 2. The van der Waals surface area contributed by atoms with E-state index in [4.69, 9.17) is 9.47 Å². The van der Waals surface area contributed by atoms with Gasteiger partial charge in [0.05, 0.1) is 13.0 Å². The predicted octanol–water partition coefficient (Wildman–Crippen LogP) is 2.23. The SMILES string of the molecule is COC(=O)C(C)c1ccc2cc(OC(=O)CO[N+](=O)[O-])ccc2c1. The average molecular weight is 333 g/mol.